The molecular weight excluding hydrogens is 344 g/mol. The third kappa shape index (κ3) is 4.87. The van der Waals surface area contributed by atoms with E-state index in [4.69, 9.17) is 21.1 Å². The highest BCUT2D eigenvalue weighted by Crippen LogP contribution is 2.30. The van der Waals surface area contributed by atoms with Crippen molar-refractivity contribution >= 4 is 29.1 Å². The predicted molar refractivity (Wildman–Crippen MR) is 96.7 cm³/mol. The monoisotopic (exact) mass is 362 g/mol. The molecule has 0 aromatic heterocycles. The molecule has 0 atom stereocenters. The van der Waals surface area contributed by atoms with Crippen molar-refractivity contribution in [3.05, 3.63) is 52.5 Å². The first-order valence-corrected chi connectivity index (χ1v) is 7.88. The average Bonchev–Trinajstić information content (AvgIpc) is 2.62. The summed E-state index contributed by atoms with van der Waals surface area (Å²) in [6.07, 6.45) is 0. The van der Waals surface area contributed by atoms with E-state index < -0.39 is 0 Å². The zero-order valence-electron chi connectivity index (χ0n) is 14.2. The average molecular weight is 363 g/mol. The van der Waals surface area contributed by atoms with Crippen LogP contribution in [0.15, 0.2) is 36.4 Å². The molecule has 0 aliphatic rings. The second kappa shape index (κ2) is 8.39. The summed E-state index contributed by atoms with van der Waals surface area (Å²) in [5.41, 5.74) is 1.74. The normalized spacial score (nSPS) is 10.1. The van der Waals surface area contributed by atoms with Crippen molar-refractivity contribution < 1.29 is 19.1 Å². The van der Waals surface area contributed by atoms with E-state index in [-0.39, 0.29) is 18.4 Å². The van der Waals surface area contributed by atoms with Crippen LogP contribution in [0, 0.1) is 6.92 Å². The molecule has 0 aliphatic heterocycles. The van der Waals surface area contributed by atoms with Crippen molar-refractivity contribution in [3.8, 4) is 11.5 Å². The summed E-state index contributed by atoms with van der Waals surface area (Å²) in [5, 5.41) is 5.80. The van der Waals surface area contributed by atoms with Crippen LogP contribution in [-0.4, -0.2) is 32.6 Å². The fraction of sp³-hybridized carbons (Fsp3) is 0.222. The Morgan fingerprint density at radius 3 is 2.36 bits per heavy atom. The van der Waals surface area contributed by atoms with Gasteiger partial charge in [-0.2, -0.15) is 0 Å². The summed E-state index contributed by atoms with van der Waals surface area (Å²) >= 11 is 6.03. The highest BCUT2D eigenvalue weighted by atomic mass is 35.5. The second-order valence-corrected chi connectivity index (χ2v) is 5.67. The lowest BCUT2D eigenvalue weighted by molar-refractivity contribution is -0.115. The quantitative estimate of drug-likeness (QED) is 0.828. The van der Waals surface area contributed by atoms with E-state index in [1.807, 2.05) is 6.92 Å². The summed E-state index contributed by atoms with van der Waals surface area (Å²) in [6, 6.07) is 9.94. The van der Waals surface area contributed by atoms with E-state index in [0.717, 1.165) is 5.56 Å². The number of ether oxygens (including phenoxy) is 2. The lowest BCUT2D eigenvalue weighted by Crippen LogP contribution is -2.32. The zero-order valence-corrected chi connectivity index (χ0v) is 14.9. The van der Waals surface area contributed by atoms with Crippen LogP contribution >= 0.6 is 11.6 Å². The Morgan fingerprint density at radius 2 is 1.76 bits per heavy atom. The number of rotatable bonds is 6. The van der Waals surface area contributed by atoms with E-state index in [2.05, 4.69) is 10.6 Å². The van der Waals surface area contributed by atoms with Gasteiger partial charge in [-0.1, -0.05) is 11.6 Å². The zero-order chi connectivity index (χ0) is 18.4. The van der Waals surface area contributed by atoms with Crippen LogP contribution in [0.5, 0.6) is 11.5 Å². The first kappa shape index (κ1) is 18.6. The van der Waals surface area contributed by atoms with Crippen LogP contribution in [0.2, 0.25) is 5.02 Å². The van der Waals surface area contributed by atoms with Crippen LogP contribution in [0.4, 0.5) is 5.69 Å². The number of methoxy groups -OCH3 is 2. The minimum Gasteiger partial charge on any atom is -0.497 e. The fourth-order valence-electron chi connectivity index (χ4n) is 2.13. The molecule has 25 heavy (non-hydrogen) atoms. The topological polar surface area (TPSA) is 76.7 Å². The van der Waals surface area contributed by atoms with Crippen LogP contribution in [0.25, 0.3) is 0 Å². The SMILES string of the molecule is COc1ccc(C(=O)NCC(=O)Nc2cc(C)c(Cl)cc2OC)cc1. The minimum atomic E-state index is -0.373. The number of anilines is 1. The van der Waals surface area contributed by atoms with Gasteiger partial charge in [0, 0.05) is 16.7 Å². The Labute approximate surface area is 151 Å². The standard InChI is InChI=1S/C18H19ClN2O4/c1-11-8-15(16(25-3)9-14(11)19)21-17(22)10-20-18(23)12-4-6-13(24-2)7-5-12/h4-9H,10H2,1-3H3,(H,20,23)(H,21,22). The Morgan fingerprint density at radius 1 is 1.08 bits per heavy atom. The summed E-state index contributed by atoms with van der Waals surface area (Å²) in [6.45, 7) is 1.65. The molecule has 0 spiro atoms. The van der Waals surface area contributed by atoms with Crippen molar-refractivity contribution in [1.29, 1.82) is 0 Å². The highest BCUT2D eigenvalue weighted by Gasteiger charge is 2.12. The molecule has 0 fully saturated rings. The molecule has 2 amide bonds. The van der Waals surface area contributed by atoms with Gasteiger partial charge >= 0.3 is 0 Å². The summed E-state index contributed by atoms with van der Waals surface area (Å²) in [7, 11) is 3.04. The van der Waals surface area contributed by atoms with Gasteiger partial charge in [-0.15, -0.1) is 0 Å². The molecule has 2 aromatic rings. The first-order valence-electron chi connectivity index (χ1n) is 7.51. The third-order valence-corrected chi connectivity index (χ3v) is 3.92. The third-order valence-electron chi connectivity index (χ3n) is 3.52. The van der Waals surface area contributed by atoms with Crippen molar-refractivity contribution in [2.24, 2.45) is 0 Å². The lowest BCUT2D eigenvalue weighted by Gasteiger charge is -2.12. The molecule has 0 radical (unpaired) electrons. The Bertz CT molecular complexity index is 775. The maximum absolute atomic E-state index is 12.1. The van der Waals surface area contributed by atoms with Crippen molar-refractivity contribution in [3.63, 3.8) is 0 Å². The molecule has 2 aromatic carbocycles. The molecule has 0 aliphatic carbocycles. The number of carbonyl (C=O) groups is 2. The van der Waals surface area contributed by atoms with Crippen LogP contribution in [-0.2, 0) is 4.79 Å². The number of aryl methyl sites for hydroxylation is 1. The molecule has 2 N–H and O–H groups in total. The molecule has 132 valence electrons. The van der Waals surface area contributed by atoms with Gasteiger partial charge in [0.2, 0.25) is 5.91 Å². The van der Waals surface area contributed by atoms with Crippen LogP contribution in [0.1, 0.15) is 15.9 Å². The number of nitrogens with one attached hydrogen (secondary N) is 2. The summed E-state index contributed by atoms with van der Waals surface area (Å²) in [4.78, 5) is 24.1. The summed E-state index contributed by atoms with van der Waals surface area (Å²) in [5.74, 6) is 0.379. The molecule has 0 bridgehead atoms. The number of halogens is 1. The highest BCUT2D eigenvalue weighted by molar-refractivity contribution is 6.31. The Hall–Kier alpha value is -2.73. The largest absolute Gasteiger partial charge is 0.497 e. The molecule has 7 heteroatoms. The van der Waals surface area contributed by atoms with Gasteiger partial charge in [0.25, 0.3) is 5.91 Å². The predicted octanol–water partition coefficient (Wildman–Crippen LogP) is 3.03. The van der Waals surface area contributed by atoms with Gasteiger partial charge < -0.3 is 20.1 Å². The van der Waals surface area contributed by atoms with E-state index >= 15 is 0 Å². The van der Waals surface area contributed by atoms with Crippen molar-refractivity contribution in [2.45, 2.75) is 6.92 Å². The van der Waals surface area contributed by atoms with Gasteiger partial charge in [-0.25, -0.2) is 0 Å². The van der Waals surface area contributed by atoms with Crippen molar-refractivity contribution in [2.75, 3.05) is 26.1 Å². The molecular formula is C18H19ClN2O4. The first-order chi connectivity index (χ1) is 11.9. The number of carbonyl (C=O) groups excluding carboxylic acids is 2. The number of benzene rings is 2. The molecule has 2 rings (SSSR count). The molecule has 0 heterocycles. The van der Waals surface area contributed by atoms with E-state index in [0.29, 0.717) is 27.8 Å². The number of hydrogen-bond acceptors (Lipinski definition) is 4. The van der Waals surface area contributed by atoms with Gasteiger partial charge in [-0.3, -0.25) is 9.59 Å². The molecule has 0 saturated heterocycles. The van der Waals surface area contributed by atoms with Gasteiger partial charge in [-0.05, 0) is 42.8 Å². The smallest absolute Gasteiger partial charge is 0.251 e. The van der Waals surface area contributed by atoms with E-state index in [1.54, 1.807) is 43.5 Å². The Balaban J connectivity index is 1.96. The van der Waals surface area contributed by atoms with Gasteiger partial charge in [0.15, 0.2) is 0 Å². The maximum Gasteiger partial charge on any atom is 0.251 e. The fourth-order valence-corrected chi connectivity index (χ4v) is 2.28. The molecule has 0 unspecified atom stereocenters. The molecule has 0 saturated carbocycles. The molecule has 6 nitrogen and oxygen atoms in total. The van der Waals surface area contributed by atoms with Gasteiger partial charge in [0.05, 0.1) is 26.5 Å². The van der Waals surface area contributed by atoms with Crippen LogP contribution in [0.3, 0.4) is 0 Å². The number of amides is 2. The summed E-state index contributed by atoms with van der Waals surface area (Å²) < 4.78 is 10.2. The van der Waals surface area contributed by atoms with E-state index in [9.17, 15) is 9.59 Å². The second-order valence-electron chi connectivity index (χ2n) is 5.26. The minimum absolute atomic E-state index is 0.171. The van der Waals surface area contributed by atoms with Crippen LogP contribution < -0.4 is 20.1 Å². The maximum atomic E-state index is 12.1. The lowest BCUT2D eigenvalue weighted by atomic mass is 10.2. The van der Waals surface area contributed by atoms with E-state index in [1.165, 1.54) is 7.11 Å². The Kier molecular flexibility index (Phi) is 6.25. The van der Waals surface area contributed by atoms with Gasteiger partial charge in [0.1, 0.15) is 11.5 Å². The number of hydrogen-bond donors (Lipinski definition) is 2. The van der Waals surface area contributed by atoms with Crippen molar-refractivity contribution in [1.82, 2.24) is 5.32 Å².